The molecule has 0 spiro atoms. The van der Waals surface area contributed by atoms with E-state index in [0.717, 1.165) is 32.1 Å². The van der Waals surface area contributed by atoms with E-state index in [9.17, 15) is 13.2 Å². The van der Waals surface area contributed by atoms with Gasteiger partial charge in [-0.05, 0) is 40.0 Å². The van der Waals surface area contributed by atoms with Gasteiger partial charge in [0.15, 0.2) is 9.84 Å². The Morgan fingerprint density at radius 1 is 1.04 bits per heavy atom. The molecule has 0 radical (unpaired) electrons. The summed E-state index contributed by atoms with van der Waals surface area (Å²) in [6.07, 6.45) is 5.44. The summed E-state index contributed by atoms with van der Waals surface area (Å²) in [7, 11) is -2.89. The Balaban J connectivity index is 1.95. The summed E-state index contributed by atoms with van der Waals surface area (Å²) in [6.45, 7) is 5.54. The largest absolute Gasteiger partial charge is 0.444 e. The van der Waals surface area contributed by atoms with E-state index in [0.29, 0.717) is 6.42 Å². The first-order valence-corrected chi connectivity index (χ1v) is 10.4. The van der Waals surface area contributed by atoms with Crippen LogP contribution in [0.25, 0.3) is 0 Å². The summed E-state index contributed by atoms with van der Waals surface area (Å²) in [5.74, 6) is 0.476. The standard InChI is InChI=1S/C16H30N2O4S/c1-16(2,3)22-15(19)18-14-8-6-4-5-7-13(14)17-12-9-10-23(20,21)11-12/h12-14,17H,4-11H2,1-3H3,(H,18,19). The number of carbonyl (C=O) groups excluding carboxylic acids is 1. The van der Waals surface area contributed by atoms with Crippen LogP contribution in [0.2, 0.25) is 0 Å². The molecule has 0 aromatic carbocycles. The van der Waals surface area contributed by atoms with Crippen LogP contribution in [0.4, 0.5) is 4.79 Å². The second-order valence-corrected chi connectivity index (χ2v) is 9.99. The molecule has 7 heteroatoms. The minimum atomic E-state index is -2.89. The zero-order valence-corrected chi connectivity index (χ0v) is 15.2. The number of hydrogen-bond donors (Lipinski definition) is 2. The third-order valence-corrected chi connectivity index (χ3v) is 6.17. The molecule has 134 valence electrons. The molecule has 1 saturated heterocycles. The summed E-state index contributed by atoms with van der Waals surface area (Å²) < 4.78 is 28.6. The van der Waals surface area contributed by atoms with Crippen molar-refractivity contribution >= 4 is 15.9 Å². The molecule has 2 fully saturated rings. The minimum Gasteiger partial charge on any atom is -0.444 e. The lowest BCUT2D eigenvalue weighted by Crippen LogP contribution is -2.53. The van der Waals surface area contributed by atoms with Crippen LogP contribution in [-0.2, 0) is 14.6 Å². The zero-order valence-electron chi connectivity index (χ0n) is 14.4. The molecule has 1 aliphatic carbocycles. The molecular weight excluding hydrogens is 316 g/mol. The van der Waals surface area contributed by atoms with Crippen LogP contribution in [0, 0.1) is 0 Å². The van der Waals surface area contributed by atoms with Crippen LogP contribution < -0.4 is 10.6 Å². The molecule has 1 heterocycles. The van der Waals surface area contributed by atoms with Gasteiger partial charge in [-0.25, -0.2) is 13.2 Å². The molecule has 6 nitrogen and oxygen atoms in total. The van der Waals surface area contributed by atoms with Crippen molar-refractivity contribution in [1.82, 2.24) is 10.6 Å². The van der Waals surface area contributed by atoms with Crippen molar-refractivity contribution in [2.75, 3.05) is 11.5 Å². The molecular formula is C16H30N2O4S. The number of alkyl carbamates (subject to hydrolysis) is 1. The van der Waals surface area contributed by atoms with Gasteiger partial charge in [0.25, 0.3) is 0 Å². The maximum absolute atomic E-state index is 12.1. The van der Waals surface area contributed by atoms with E-state index >= 15 is 0 Å². The van der Waals surface area contributed by atoms with Crippen LogP contribution in [-0.4, -0.2) is 49.7 Å². The van der Waals surface area contributed by atoms with Crippen molar-refractivity contribution in [1.29, 1.82) is 0 Å². The van der Waals surface area contributed by atoms with Crippen LogP contribution in [0.3, 0.4) is 0 Å². The normalized spacial score (nSPS) is 31.3. The van der Waals surface area contributed by atoms with E-state index in [1.54, 1.807) is 0 Å². The van der Waals surface area contributed by atoms with Crippen molar-refractivity contribution < 1.29 is 17.9 Å². The maximum Gasteiger partial charge on any atom is 0.407 e. The fraction of sp³-hybridized carbons (Fsp3) is 0.938. The Morgan fingerprint density at radius 3 is 2.26 bits per heavy atom. The summed E-state index contributed by atoms with van der Waals surface area (Å²) in [5.41, 5.74) is -0.517. The number of rotatable bonds is 3. The lowest BCUT2D eigenvalue weighted by Gasteiger charge is -2.30. The topological polar surface area (TPSA) is 84.5 Å². The second-order valence-electron chi connectivity index (χ2n) is 7.76. The van der Waals surface area contributed by atoms with E-state index in [-0.39, 0.29) is 29.6 Å². The SMILES string of the molecule is CC(C)(C)OC(=O)NC1CCCCCC1NC1CCS(=O)(=O)C1. The fourth-order valence-corrected chi connectivity index (χ4v) is 5.05. The fourth-order valence-electron chi connectivity index (χ4n) is 3.37. The highest BCUT2D eigenvalue weighted by Crippen LogP contribution is 2.21. The van der Waals surface area contributed by atoms with Crippen molar-refractivity contribution in [3.63, 3.8) is 0 Å². The van der Waals surface area contributed by atoms with Gasteiger partial charge >= 0.3 is 6.09 Å². The molecule has 2 rings (SSSR count). The van der Waals surface area contributed by atoms with Gasteiger partial charge in [0, 0.05) is 18.1 Å². The third-order valence-electron chi connectivity index (χ3n) is 4.40. The summed E-state index contributed by atoms with van der Waals surface area (Å²) >= 11 is 0. The highest BCUT2D eigenvalue weighted by atomic mass is 32.2. The van der Waals surface area contributed by atoms with E-state index in [4.69, 9.17) is 4.74 Å². The number of hydrogen-bond acceptors (Lipinski definition) is 5. The van der Waals surface area contributed by atoms with Gasteiger partial charge in [0.05, 0.1) is 11.5 Å². The highest BCUT2D eigenvalue weighted by molar-refractivity contribution is 7.91. The first kappa shape index (κ1) is 18.5. The molecule has 2 aliphatic rings. The predicted molar refractivity (Wildman–Crippen MR) is 90.2 cm³/mol. The molecule has 0 aromatic rings. The van der Waals surface area contributed by atoms with E-state index in [1.165, 1.54) is 0 Å². The summed E-state index contributed by atoms with van der Waals surface area (Å²) in [5, 5.41) is 6.47. The van der Waals surface area contributed by atoms with Gasteiger partial charge in [-0.15, -0.1) is 0 Å². The van der Waals surface area contributed by atoms with Gasteiger partial charge in [0.1, 0.15) is 5.60 Å². The Morgan fingerprint density at radius 2 is 1.70 bits per heavy atom. The first-order valence-electron chi connectivity index (χ1n) is 8.61. The zero-order chi connectivity index (χ0) is 17.1. The smallest absolute Gasteiger partial charge is 0.407 e. The molecule has 0 bridgehead atoms. The van der Waals surface area contributed by atoms with Crippen molar-refractivity contribution in [2.24, 2.45) is 0 Å². The Hall–Kier alpha value is -0.820. The van der Waals surface area contributed by atoms with Gasteiger partial charge in [0.2, 0.25) is 0 Å². The number of carbonyl (C=O) groups is 1. The quantitative estimate of drug-likeness (QED) is 0.764. The molecule has 1 amide bonds. The average Bonchev–Trinajstić information content (AvgIpc) is 2.59. The van der Waals surface area contributed by atoms with Gasteiger partial charge in [-0.3, -0.25) is 0 Å². The van der Waals surface area contributed by atoms with Gasteiger partial charge in [-0.1, -0.05) is 19.3 Å². The Bertz CT molecular complexity index is 513. The second kappa shape index (κ2) is 7.38. The maximum atomic E-state index is 12.1. The highest BCUT2D eigenvalue weighted by Gasteiger charge is 2.33. The van der Waals surface area contributed by atoms with E-state index < -0.39 is 21.5 Å². The van der Waals surface area contributed by atoms with Crippen LogP contribution in [0.1, 0.15) is 59.3 Å². The summed E-state index contributed by atoms with van der Waals surface area (Å²) in [4.78, 5) is 12.1. The molecule has 23 heavy (non-hydrogen) atoms. The van der Waals surface area contributed by atoms with Gasteiger partial charge < -0.3 is 15.4 Å². The average molecular weight is 346 g/mol. The monoisotopic (exact) mass is 346 g/mol. The van der Waals surface area contributed by atoms with Crippen LogP contribution >= 0.6 is 0 Å². The molecule has 3 unspecified atom stereocenters. The number of sulfone groups is 1. The molecule has 2 N–H and O–H groups in total. The van der Waals surface area contributed by atoms with Crippen molar-refractivity contribution in [3.8, 4) is 0 Å². The summed E-state index contributed by atoms with van der Waals surface area (Å²) in [6, 6.07) is 0.116. The predicted octanol–water partition coefficient (Wildman–Crippen LogP) is 1.99. The Labute approximate surface area is 139 Å². The first-order chi connectivity index (χ1) is 10.6. The van der Waals surface area contributed by atoms with Crippen molar-refractivity contribution in [3.05, 3.63) is 0 Å². The number of amides is 1. The molecule has 0 aromatic heterocycles. The molecule has 1 saturated carbocycles. The van der Waals surface area contributed by atoms with Crippen LogP contribution in [0.15, 0.2) is 0 Å². The number of ether oxygens (including phenoxy) is 1. The van der Waals surface area contributed by atoms with Gasteiger partial charge in [-0.2, -0.15) is 0 Å². The van der Waals surface area contributed by atoms with E-state index in [1.807, 2.05) is 20.8 Å². The van der Waals surface area contributed by atoms with Crippen LogP contribution in [0.5, 0.6) is 0 Å². The third kappa shape index (κ3) is 6.30. The molecule has 1 aliphatic heterocycles. The lowest BCUT2D eigenvalue weighted by molar-refractivity contribution is 0.0488. The minimum absolute atomic E-state index is 0.00402. The lowest BCUT2D eigenvalue weighted by atomic mass is 10.0. The number of nitrogens with one attached hydrogen (secondary N) is 2. The molecule has 3 atom stereocenters. The van der Waals surface area contributed by atoms with Crippen molar-refractivity contribution in [2.45, 2.75) is 83.0 Å². The van der Waals surface area contributed by atoms with E-state index in [2.05, 4.69) is 10.6 Å². The Kier molecular flexibility index (Phi) is 5.94.